The maximum Gasteiger partial charge on any atom is 0.323 e. The fourth-order valence-electron chi connectivity index (χ4n) is 3.92. The Bertz CT molecular complexity index is 1230. The highest BCUT2D eigenvalue weighted by Gasteiger charge is 2.30. The van der Waals surface area contributed by atoms with Gasteiger partial charge < -0.3 is 4.90 Å². The Morgan fingerprint density at radius 3 is 2.77 bits per heavy atom. The van der Waals surface area contributed by atoms with Gasteiger partial charge in [-0.3, -0.25) is 10.00 Å². The molecule has 0 saturated heterocycles. The molecule has 3 heterocycles. The van der Waals surface area contributed by atoms with Crippen molar-refractivity contribution < 1.29 is 9.18 Å². The monoisotopic (exact) mass is 433 g/mol. The summed E-state index contributed by atoms with van der Waals surface area (Å²) in [7, 11) is 1.89. The van der Waals surface area contributed by atoms with Crippen LogP contribution in [0.3, 0.4) is 0 Å². The van der Waals surface area contributed by atoms with E-state index < -0.39 is 0 Å². The Hall–Kier alpha value is -3.52. The molecule has 8 heteroatoms. The molecule has 0 aliphatic carbocycles. The number of urea groups is 1. The van der Waals surface area contributed by atoms with E-state index in [4.69, 9.17) is 0 Å². The number of rotatable bonds is 3. The summed E-state index contributed by atoms with van der Waals surface area (Å²) in [6, 6.07) is 14.2. The number of carbonyl (C=O) groups excluding carboxylic acids is 1. The summed E-state index contributed by atoms with van der Waals surface area (Å²) in [4.78, 5) is 19.4. The molecule has 0 saturated carbocycles. The Labute approximate surface area is 183 Å². The highest BCUT2D eigenvalue weighted by atomic mass is 32.1. The molecule has 156 valence electrons. The van der Waals surface area contributed by atoms with Gasteiger partial charge in [0.1, 0.15) is 5.82 Å². The van der Waals surface area contributed by atoms with Crippen molar-refractivity contribution >= 4 is 22.5 Å². The number of thiazole rings is 1. The molecule has 5 rings (SSSR count). The SMILES string of the molecule is Cn1cc(C2CN(C(=O)Nc3nc(-c4ccc(F)cc4)cs3)Cc3ccccc32)cn1. The lowest BCUT2D eigenvalue weighted by Gasteiger charge is -2.34. The molecular formula is C23H20FN5OS. The van der Waals surface area contributed by atoms with Crippen LogP contribution in [0.1, 0.15) is 22.6 Å². The molecular weight excluding hydrogens is 413 g/mol. The van der Waals surface area contributed by atoms with Crippen molar-refractivity contribution in [3.8, 4) is 11.3 Å². The Kier molecular flexibility index (Phi) is 4.99. The first-order valence-electron chi connectivity index (χ1n) is 9.90. The summed E-state index contributed by atoms with van der Waals surface area (Å²) in [5.74, 6) is -0.225. The van der Waals surface area contributed by atoms with Gasteiger partial charge in [0.15, 0.2) is 5.13 Å². The van der Waals surface area contributed by atoms with Crippen LogP contribution < -0.4 is 5.32 Å². The minimum absolute atomic E-state index is 0.0653. The van der Waals surface area contributed by atoms with Crippen LogP contribution in [-0.2, 0) is 13.6 Å². The van der Waals surface area contributed by atoms with Crippen LogP contribution in [0.15, 0.2) is 66.3 Å². The second-order valence-electron chi connectivity index (χ2n) is 7.55. The zero-order valence-electron chi connectivity index (χ0n) is 16.8. The van der Waals surface area contributed by atoms with Gasteiger partial charge in [-0.15, -0.1) is 11.3 Å². The third-order valence-electron chi connectivity index (χ3n) is 5.47. The van der Waals surface area contributed by atoms with E-state index in [2.05, 4.69) is 27.5 Å². The third-order valence-corrected chi connectivity index (χ3v) is 6.22. The number of halogens is 1. The molecule has 2 amide bonds. The molecule has 1 atom stereocenters. The summed E-state index contributed by atoms with van der Waals surface area (Å²) in [6.45, 7) is 1.10. The molecule has 0 fully saturated rings. The van der Waals surface area contributed by atoms with E-state index in [-0.39, 0.29) is 17.8 Å². The van der Waals surface area contributed by atoms with E-state index >= 15 is 0 Å². The van der Waals surface area contributed by atoms with Gasteiger partial charge in [0, 0.05) is 43.2 Å². The number of aromatic nitrogens is 3. The second kappa shape index (κ2) is 7.96. The standard InChI is InChI=1S/C23H20FN5OS/c1-28-11-17(10-25-28)20-13-29(12-16-4-2-3-5-19(16)20)23(30)27-22-26-21(14-31-22)15-6-8-18(24)9-7-15/h2-11,14,20H,12-13H2,1H3,(H,26,27,30). The molecule has 2 aromatic heterocycles. The number of carbonyl (C=O) groups is 1. The average molecular weight is 434 g/mol. The van der Waals surface area contributed by atoms with Crippen LogP contribution in [0.2, 0.25) is 0 Å². The number of fused-ring (bicyclic) bond motifs is 1. The van der Waals surface area contributed by atoms with Gasteiger partial charge in [-0.05, 0) is 41.0 Å². The lowest BCUT2D eigenvalue weighted by atomic mass is 9.86. The van der Waals surface area contributed by atoms with Crippen molar-refractivity contribution in [2.24, 2.45) is 7.05 Å². The van der Waals surface area contributed by atoms with Crippen LogP contribution in [0.5, 0.6) is 0 Å². The molecule has 1 aliphatic heterocycles. The molecule has 2 aromatic carbocycles. The predicted octanol–water partition coefficient (Wildman–Crippen LogP) is 4.86. The highest BCUT2D eigenvalue weighted by Crippen LogP contribution is 2.34. The van der Waals surface area contributed by atoms with Crippen molar-refractivity contribution in [2.75, 3.05) is 11.9 Å². The molecule has 0 bridgehead atoms. The Morgan fingerprint density at radius 2 is 2.00 bits per heavy atom. The largest absolute Gasteiger partial charge is 0.323 e. The summed E-state index contributed by atoms with van der Waals surface area (Å²) >= 11 is 1.35. The zero-order valence-corrected chi connectivity index (χ0v) is 17.6. The molecule has 4 aromatic rings. The predicted molar refractivity (Wildman–Crippen MR) is 118 cm³/mol. The summed E-state index contributed by atoms with van der Waals surface area (Å²) in [5, 5.41) is 9.59. The first-order valence-corrected chi connectivity index (χ1v) is 10.8. The van der Waals surface area contributed by atoms with E-state index in [1.807, 2.05) is 37.0 Å². The van der Waals surface area contributed by atoms with E-state index in [0.717, 1.165) is 16.7 Å². The zero-order chi connectivity index (χ0) is 21.4. The molecule has 0 radical (unpaired) electrons. The Balaban J connectivity index is 1.36. The second-order valence-corrected chi connectivity index (χ2v) is 8.41. The van der Waals surface area contributed by atoms with Crippen molar-refractivity contribution in [1.29, 1.82) is 0 Å². The maximum absolute atomic E-state index is 13.2. The molecule has 1 aliphatic rings. The van der Waals surface area contributed by atoms with Crippen molar-refractivity contribution in [1.82, 2.24) is 19.7 Å². The van der Waals surface area contributed by atoms with E-state index in [1.165, 1.54) is 29.0 Å². The topological polar surface area (TPSA) is 63.1 Å². The molecule has 0 spiro atoms. The maximum atomic E-state index is 13.2. The minimum atomic E-state index is -0.291. The van der Waals surface area contributed by atoms with E-state index in [0.29, 0.717) is 23.9 Å². The third kappa shape index (κ3) is 3.94. The Morgan fingerprint density at radius 1 is 1.19 bits per heavy atom. The number of aryl methyl sites for hydroxylation is 1. The summed E-state index contributed by atoms with van der Waals surface area (Å²) < 4.78 is 14.9. The summed E-state index contributed by atoms with van der Waals surface area (Å²) in [5.41, 5.74) is 4.95. The van der Waals surface area contributed by atoms with Gasteiger partial charge >= 0.3 is 6.03 Å². The number of anilines is 1. The minimum Gasteiger partial charge on any atom is -0.319 e. The molecule has 31 heavy (non-hydrogen) atoms. The normalized spacial score (nSPS) is 15.5. The van der Waals surface area contributed by atoms with Crippen molar-refractivity contribution in [2.45, 2.75) is 12.5 Å². The van der Waals surface area contributed by atoms with Crippen LogP contribution in [0.4, 0.5) is 14.3 Å². The lowest BCUT2D eigenvalue weighted by Crippen LogP contribution is -2.41. The number of nitrogens with zero attached hydrogens (tertiary/aromatic N) is 4. The van der Waals surface area contributed by atoms with Gasteiger partial charge in [-0.25, -0.2) is 14.2 Å². The smallest absolute Gasteiger partial charge is 0.319 e. The number of hydrogen-bond acceptors (Lipinski definition) is 4. The fraction of sp³-hybridized carbons (Fsp3) is 0.174. The first kappa shape index (κ1) is 19.4. The van der Waals surface area contributed by atoms with Crippen molar-refractivity contribution in [3.63, 3.8) is 0 Å². The van der Waals surface area contributed by atoms with Crippen molar-refractivity contribution in [3.05, 3.63) is 88.8 Å². The lowest BCUT2D eigenvalue weighted by molar-refractivity contribution is 0.203. The van der Waals surface area contributed by atoms with Crippen LogP contribution in [0.25, 0.3) is 11.3 Å². The summed E-state index contributed by atoms with van der Waals surface area (Å²) in [6.07, 6.45) is 3.86. The van der Waals surface area contributed by atoms with Gasteiger partial charge in [0.25, 0.3) is 0 Å². The number of benzene rings is 2. The molecule has 6 nitrogen and oxygen atoms in total. The van der Waals surface area contributed by atoms with Crippen LogP contribution >= 0.6 is 11.3 Å². The van der Waals surface area contributed by atoms with Crippen LogP contribution in [-0.4, -0.2) is 32.2 Å². The van der Waals surface area contributed by atoms with E-state index in [9.17, 15) is 9.18 Å². The van der Waals surface area contributed by atoms with Crippen LogP contribution in [0, 0.1) is 5.82 Å². The number of nitrogens with one attached hydrogen (secondary N) is 1. The van der Waals surface area contributed by atoms with E-state index in [1.54, 1.807) is 21.7 Å². The fourth-order valence-corrected chi connectivity index (χ4v) is 4.63. The average Bonchev–Trinajstić information content (AvgIpc) is 3.42. The number of hydrogen-bond donors (Lipinski definition) is 1. The van der Waals surface area contributed by atoms with Gasteiger partial charge in [0.05, 0.1) is 11.9 Å². The highest BCUT2D eigenvalue weighted by molar-refractivity contribution is 7.14. The molecule has 1 unspecified atom stereocenters. The molecule has 1 N–H and O–H groups in total. The van der Waals surface area contributed by atoms with Gasteiger partial charge in [-0.1, -0.05) is 24.3 Å². The number of amides is 2. The van der Waals surface area contributed by atoms with Gasteiger partial charge in [0.2, 0.25) is 0 Å². The quantitative estimate of drug-likeness (QED) is 0.502. The first-order chi connectivity index (χ1) is 15.1. The van der Waals surface area contributed by atoms with Gasteiger partial charge in [-0.2, -0.15) is 5.10 Å².